The van der Waals surface area contributed by atoms with Crippen LogP contribution in [0.3, 0.4) is 0 Å². The minimum Gasteiger partial charge on any atom is -0.398 e. The average molecular weight is 303 g/mol. The summed E-state index contributed by atoms with van der Waals surface area (Å²) in [6, 6.07) is 12.0. The van der Waals surface area contributed by atoms with Crippen LogP contribution in [-0.2, 0) is 17.2 Å². The molecule has 1 unspecified atom stereocenters. The van der Waals surface area contributed by atoms with Crippen molar-refractivity contribution in [2.75, 3.05) is 18.6 Å². The maximum absolute atomic E-state index is 12.7. The van der Waals surface area contributed by atoms with Crippen molar-refractivity contribution in [3.63, 3.8) is 0 Å². The lowest BCUT2D eigenvalue weighted by molar-refractivity contribution is 0.103. The quantitative estimate of drug-likeness (QED) is 0.651. The van der Waals surface area contributed by atoms with Gasteiger partial charge in [0.05, 0.1) is 10.8 Å². The highest BCUT2D eigenvalue weighted by Gasteiger charge is 2.18. The zero-order chi connectivity index (χ0) is 15.4. The summed E-state index contributed by atoms with van der Waals surface area (Å²) in [5.74, 6) is -0.252. The summed E-state index contributed by atoms with van der Waals surface area (Å²) in [5.41, 5.74) is 7.90. The van der Waals surface area contributed by atoms with Crippen LogP contribution >= 0.6 is 0 Å². The molecule has 2 aromatic rings. The average Bonchev–Trinajstić information content (AvgIpc) is 2.49. The number of hydrogen-bond donors (Lipinski definition) is 2. The van der Waals surface area contributed by atoms with Crippen LogP contribution in [0.25, 0.3) is 0 Å². The predicted molar refractivity (Wildman–Crippen MR) is 83.9 cm³/mol. The molecule has 0 radical (unpaired) electrons. The summed E-state index contributed by atoms with van der Waals surface area (Å²) in [6.07, 6.45) is 1.94. The molecule has 0 heterocycles. The highest BCUT2D eigenvalue weighted by molar-refractivity contribution is 7.84. The van der Waals surface area contributed by atoms with Gasteiger partial charge in [0.15, 0.2) is 5.78 Å². The van der Waals surface area contributed by atoms with Crippen molar-refractivity contribution in [3.05, 3.63) is 59.2 Å². The van der Waals surface area contributed by atoms with Gasteiger partial charge in [-0.1, -0.05) is 24.3 Å². The van der Waals surface area contributed by atoms with Crippen LogP contribution in [0.4, 0.5) is 5.69 Å². The molecule has 0 amide bonds. The maximum Gasteiger partial charge on any atom is 0.196 e. The molecule has 1 atom stereocenters. The first kappa shape index (κ1) is 15.4. The molecule has 5 heteroatoms. The zero-order valence-electron chi connectivity index (χ0n) is 11.7. The van der Waals surface area contributed by atoms with Crippen LogP contribution in [0.5, 0.6) is 0 Å². The molecule has 0 aliphatic carbocycles. The summed E-state index contributed by atoms with van der Waals surface area (Å²) < 4.78 is 11.8. The van der Waals surface area contributed by atoms with E-state index in [0.717, 1.165) is 5.56 Å². The van der Waals surface area contributed by atoms with Gasteiger partial charge >= 0.3 is 0 Å². The van der Waals surface area contributed by atoms with E-state index in [1.807, 2.05) is 0 Å². The van der Waals surface area contributed by atoms with E-state index in [2.05, 4.69) is 0 Å². The van der Waals surface area contributed by atoms with E-state index in [1.54, 1.807) is 42.5 Å². The van der Waals surface area contributed by atoms with Gasteiger partial charge in [-0.15, -0.1) is 0 Å². The summed E-state index contributed by atoms with van der Waals surface area (Å²) in [6.45, 7) is -0.0303. The first-order chi connectivity index (χ1) is 10.1. The van der Waals surface area contributed by atoms with Crippen molar-refractivity contribution in [3.8, 4) is 0 Å². The molecule has 0 aliphatic heterocycles. The van der Waals surface area contributed by atoms with Crippen molar-refractivity contribution in [1.29, 1.82) is 0 Å². The number of anilines is 1. The van der Waals surface area contributed by atoms with Crippen molar-refractivity contribution in [2.45, 2.75) is 11.3 Å². The van der Waals surface area contributed by atoms with Gasteiger partial charge < -0.3 is 10.8 Å². The Bertz CT molecular complexity index is 698. The molecule has 0 saturated heterocycles. The molecule has 0 bridgehead atoms. The van der Waals surface area contributed by atoms with Crippen LogP contribution in [0, 0.1) is 0 Å². The number of hydrogen-bond acceptors (Lipinski definition) is 4. The molecule has 0 saturated carbocycles. The highest BCUT2D eigenvalue weighted by atomic mass is 32.2. The normalized spacial score (nSPS) is 12.1. The molecule has 0 aromatic heterocycles. The molecule has 110 valence electrons. The summed E-state index contributed by atoms with van der Waals surface area (Å²) >= 11 is 0. The second-order valence-electron chi connectivity index (χ2n) is 4.63. The number of nitrogen functional groups attached to an aromatic ring is 1. The van der Waals surface area contributed by atoms with E-state index in [4.69, 9.17) is 10.8 Å². The Morgan fingerprint density at radius 2 is 1.81 bits per heavy atom. The standard InChI is InChI=1S/C16H17NO3S/c1-21(20)14-8-3-2-6-12(14)16(19)13-7-4-5-11(9-10-18)15(13)17/h2-8,18H,9-10,17H2,1H3. The third-order valence-corrected chi connectivity index (χ3v) is 4.24. The Labute approximate surface area is 126 Å². The maximum atomic E-state index is 12.7. The second kappa shape index (κ2) is 6.65. The molecule has 2 rings (SSSR count). The summed E-state index contributed by atoms with van der Waals surface area (Å²) in [5, 5.41) is 9.03. The Hall–Kier alpha value is -1.98. The fourth-order valence-electron chi connectivity index (χ4n) is 2.20. The first-order valence-electron chi connectivity index (χ1n) is 6.51. The van der Waals surface area contributed by atoms with Gasteiger partial charge in [0, 0.05) is 34.6 Å². The van der Waals surface area contributed by atoms with Crippen LogP contribution in [0.2, 0.25) is 0 Å². The lowest BCUT2D eigenvalue weighted by atomic mass is 9.98. The Balaban J connectivity index is 2.51. The lowest BCUT2D eigenvalue weighted by Crippen LogP contribution is -2.10. The second-order valence-corrected chi connectivity index (χ2v) is 5.98. The van der Waals surface area contributed by atoms with Gasteiger partial charge in [-0.25, -0.2) is 0 Å². The Kier molecular flexibility index (Phi) is 4.88. The van der Waals surface area contributed by atoms with E-state index in [0.29, 0.717) is 28.1 Å². The number of ketones is 1. The first-order valence-corrected chi connectivity index (χ1v) is 8.07. The molecular formula is C16H17NO3S. The van der Waals surface area contributed by atoms with Gasteiger partial charge in [-0.3, -0.25) is 9.00 Å². The Morgan fingerprint density at radius 1 is 1.14 bits per heavy atom. The Morgan fingerprint density at radius 3 is 2.48 bits per heavy atom. The largest absolute Gasteiger partial charge is 0.398 e. The number of para-hydroxylation sites is 1. The number of aliphatic hydroxyl groups is 1. The number of benzene rings is 2. The molecule has 0 fully saturated rings. The third kappa shape index (κ3) is 3.20. The molecule has 21 heavy (non-hydrogen) atoms. The number of carbonyl (C=O) groups excluding carboxylic acids is 1. The highest BCUT2D eigenvalue weighted by Crippen LogP contribution is 2.24. The van der Waals surface area contributed by atoms with Gasteiger partial charge in [-0.2, -0.15) is 0 Å². The number of rotatable bonds is 5. The zero-order valence-corrected chi connectivity index (χ0v) is 12.5. The van der Waals surface area contributed by atoms with Crippen LogP contribution in [0.15, 0.2) is 47.4 Å². The summed E-state index contributed by atoms with van der Waals surface area (Å²) in [7, 11) is -1.25. The SMILES string of the molecule is CS(=O)c1ccccc1C(=O)c1cccc(CCO)c1N. The van der Waals surface area contributed by atoms with Crippen molar-refractivity contribution < 1.29 is 14.1 Å². The minimum absolute atomic E-state index is 0.0303. The van der Waals surface area contributed by atoms with Crippen LogP contribution in [-0.4, -0.2) is 28.0 Å². The van der Waals surface area contributed by atoms with Crippen LogP contribution in [0.1, 0.15) is 21.5 Å². The third-order valence-electron chi connectivity index (χ3n) is 3.26. The number of nitrogens with two attached hydrogens (primary N) is 1. The van der Waals surface area contributed by atoms with E-state index in [9.17, 15) is 9.00 Å². The van der Waals surface area contributed by atoms with E-state index < -0.39 is 10.8 Å². The number of aliphatic hydroxyl groups excluding tert-OH is 1. The van der Waals surface area contributed by atoms with Crippen molar-refractivity contribution in [1.82, 2.24) is 0 Å². The predicted octanol–water partition coefficient (Wildman–Crippen LogP) is 1.77. The lowest BCUT2D eigenvalue weighted by Gasteiger charge is -2.11. The van der Waals surface area contributed by atoms with Gasteiger partial charge in [0.2, 0.25) is 0 Å². The van der Waals surface area contributed by atoms with Gasteiger partial charge in [0.25, 0.3) is 0 Å². The topological polar surface area (TPSA) is 80.4 Å². The molecule has 2 aromatic carbocycles. The molecule has 0 aliphatic rings. The smallest absolute Gasteiger partial charge is 0.196 e. The molecular weight excluding hydrogens is 286 g/mol. The summed E-state index contributed by atoms with van der Waals surface area (Å²) in [4.78, 5) is 13.2. The fourth-order valence-corrected chi connectivity index (χ4v) is 2.94. The molecule has 3 N–H and O–H groups in total. The van der Waals surface area contributed by atoms with E-state index in [1.165, 1.54) is 6.26 Å². The van der Waals surface area contributed by atoms with Gasteiger partial charge in [-0.05, 0) is 30.2 Å². The number of carbonyl (C=O) groups is 1. The minimum atomic E-state index is -1.25. The van der Waals surface area contributed by atoms with Crippen molar-refractivity contribution in [2.24, 2.45) is 0 Å². The van der Waals surface area contributed by atoms with E-state index >= 15 is 0 Å². The van der Waals surface area contributed by atoms with Crippen molar-refractivity contribution >= 4 is 22.3 Å². The monoisotopic (exact) mass is 303 g/mol. The fraction of sp³-hybridized carbons (Fsp3) is 0.188. The van der Waals surface area contributed by atoms with E-state index in [-0.39, 0.29) is 12.4 Å². The molecule has 0 spiro atoms. The van der Waals surface area contributed by atoms with Crippen LogP contribution < -0.4 is 5.73 Å². The molecule has 4 nitrogen and oxygen atoms in total. The van der Waals surface area contributed by atoms with Gasteiger partial charge in [0.1, 0.15) is 0 Å².